The van der Waals surface area contributed by atoms with E-state index < -0.39 is 16.0 Å². The van der Waals surface area contributed by atoms with Gasteiger partial charge in [0.05, 0.1) is 30.3 Å². The zero-order valence-electron chi connectivity index (χ0n) is 16.6. The maximum absolute atomic E-state index is 13.0. The number of nitrogens with zero attached hydrogens (tertiary/aromatic N) is 1. The first-order valence-corrected chi connectivity index (χ1v) is 10.9. The molecule has 0 aromatic heterocycles. The second kappa shape index (κ2) is 9.39. The van der Waals surface area contributed by atoms with Crippen LogP contribution in [0, 0.1) is 6.92 Å². The van der Waals surface area contributed by atoms with Crippen molar-refractivity contribution in [1.29, 1.82) is 0 Å². The molecule has 0 amide bonds. The lowest BCUT2D eigenvalue weighted by molar-refractivity contribution is 0.0469. The Balaban J connectivity index is 1.78. The van der Waals surface area contributed by atoms with E-state index in [0.717, 1.165) is 5.56 Å². The Kier molecular flexibility index (Phi) is 6.89. The molecule has 2 aromatic carbocycles. The molecular formula is C21H25NO6S. The van der Waals surface area contributed by atoms with Crippen molar-refractivity contribution in [2.45, 2.75) is 25.3 Å². The van der Waals surface area contributed by atoms with Gasteiger partial charge in [0, 0.05) is 18.7 Å². The maximum Gasteiger partial charge on any atom is 0.338 e. The predicted molar refractivity (Wildman–Crippen MR) is 107 cm³/mol. The molecule has 3 rings (SSSR count). The van der Waals surface area contributed by atoms with E-state index in [1.54, 1.807) is 19.1 Å². The summed E-state index contributed by atoms with van der Waals surface area (Å²) >= 11 is 0. The minimum Gasteiger partial charge on any atom is -0.493 e. The number of sulfonamides is 1. The lowest BCUT2D eigenvalue weighted by Gasteiger charge is -2.26. The molecule has 0 bridgehead atoms. The molecule has 0 spiro atoms. The summed E-state index contributed by atoms with van der Waals surface area (Å²) in [7, 11) is -3.70. The largest absolute Gasteiger partial charge is 0.493 e. The molecule has 1 heterocycles. The van der Waals surface area contributed by atoms with Crippen LogP contribution in [0.25, 0.3) is 0 Å². The third kappa shape index (κ3) is 4.95. The van der Waals surface area contributed by atoms with Gasteiger partial charge >= 0.3 is 5.97 Å². The van der Waals surface area contributed by atoms with Crippen molar-refractivity contribution in [3.63, 3.8) is 0 Å². The molecule has 0 atom stereocenters. The highest BCUT2D eigenvalue weighted by molar-refractivity contribution is 7.89. The van der Waals surface area contributed by atoms with E-state index in [1.807, 2.05) is 31.2 Å². The third-order valence-electron chi connectivity index (χ3n) is 4.64. The first-order valence-electron chi connectivity index (χ1n) is 9.50. The van der Waals surface area contributed by atoms with E-state index in [1.165, 1.54) is 10.4 Å². The number of hydrogen-bond acceptors (Lipinski definition) is 6. The van der Waals surface area contributed by atoms with Crippen LogP contribution in [0.4, 0.5) is 0 Å². The molecule has 1 saturated heterocycles. The minimum absolute atomic E-state index is 0.0361. The Morgan fingerprint density at radius 3 is 2.59 bits per heavy atom. The Morgan fingerprint density at radius 1 is 1.14 bits per heavy atom. The van der Waals surface area contributed by atoms with Gasteiger partial charge in [-0.2, -0.15) is 4.31 Å². The first kappa shape index (κ1) is 21.3. The van der Waals surface area contributed by atoms with Crippen molar-refractivity contribution < 1.29 is 27.4 Å². The fraction of sp³-hybridized carbons (Fsp3) is 0.381. The molecule has 0 aliphatic carbocycles. The summed E-state index contributed by atoms with van der Waals surface area (Å²) in [4.78, 5) is 12.7. The maximum atomic E-state index is 13.0. The van der Waals surface area contributed by atoms with Crippen molar-refractivity contribution in [2.75, 3.05) is 32.9 Å². The molecule has 0 radical (unpaired) electrons. The summed E-state index contributed by atoms with van der Waals surface area (Å²) in [6, 6.07) is 11.9. The Labute approximate surface area is 171 Å². The number of hydrogen-bond donors (Lipinski definition) is 0. The smallest absolute Gasteiger partial charge is 0.338 e. The van der Waals surface area contributed by atoms with E-state index >= 15 is 0 Å². The summed E-state index contributed by atoms with van der Waals surface area (Å²) in [5.41, 5.74) is 1.52. The Hall–Kier alpha value is -2.42. The second-order valence-electron chi connectivity index (χ2n) is 6.61. The highest BCUT2D eigenvalue weighted by Crippen LogP contribution is 2.24. The molecular weight excluding hydrogens is 394 g/mol. The van der Waals surface area contributed by atoms with Gasteiger partial charge in [-0.25, -0.2) is 13.2 Å². The van der Waals surface area contributed by atoms with Crippen LogP contribution in [0.15, 0.2) is 47.4 Å². The molecule has 0 unspecified atom stereocenters. The third-order valence-corrected chi connectivity index (χ3v) is 6.68. The molecule has 7 nitrogen and oxygen atoms in total. The zero-order valence-corrected chi connectivity index (χ0v) is 17.4. The van der Waals surface area contributed by atoms with Crippen molar-refractivity contribution in [2.24, 2.45) is 0 Å². The lowest BCUT2D eigenvalue weighted by atomic mass is 10.1. The van der Waals surface area contributed by atoms with E-state index in [-0.39, 0.29) is 17.1 Å². The Bertz CT molecular complexity index is 967. The van der Waals surface area contributed by atoms with Gasteiger partial charge in [-0.15, -0.1) is 0 Å². The van der Waals surface area contributed by atoms with Crippen LogP contribution in [-0.2, 0) is 26.1 Å². The van der Waals surface area contributed by atoms with Crippen LogP contribution in [-0.4, -0.2) is 51.6 Å². The number of carbonyl (C=O) groups excluding carboxylic acids is 1. The van der Waals surface area contributed by atoms with Crippen molar-refractivity contribution >= 4 is 16.0 Å². The second-order valence-corrected chi connectivity index (χ2v) is 8.52. The topological polar surface area (TPSA) is 82.1 Å². The summed E-state index contributed by atoms with van der Waals surface area (Å²) in [6.07, 6.45) is 0. The van der Waals surface area contributed by atoms with Gasteiger partial charge in [-0.05, 0) is 37.6 Å². The van der Waals surface area contributed by atoms with Gasteiger partial charge in [0.2, 0.25) is 10.0 Å². The van der Waals surface area contributed by atoms with E-state index in [0.29, 0.717) is 44.2 Å². The van der Waals surface area contributed by atoms with E-state index in [9.17, 15) is 13.2 Å². The number of benzene rings is 2. The quantitative estimate of drug-likeness (QED) is 0.642. The van der Waals surface area contributed by atoms with Gasteiger partial charge in [0.25, 0.3) is 0 Å². The van der Waals surface area contributed by atoms with Crippen LogP contribution in [0.3, 0.4) is 0 Å². The summed E-state index contributed by atoms with van der Waals surface area (Å²) in [5.74, 6) is 0.0667. The van der Waals surface area contributed by atoms with Crippen molar-refractivity contribution in [1.82, 2.24) is 4.31 Å². The molecule has 1 fully saturated rings. The lowest BCUT2D eigenvalue weighted by Crippen LogP contribution is -2.40. The molecule has 2 aromatic rings. The first-order chi connectivity index (χ1) is 13.9. The fourth-order valence-corrected chi connectivity index (χ4v) is 4.74. The highest BCUT2D eigenvalue weighted by atomic mass is 32.2. The van der Waals surface area contributed by atoms with Crippen LogP contribution >= 0.6 is 0 Å². The van der Waals surface area contributed by atoms with Crippen LogP contribution in [0.2, 0.25) is 0 Å². The van der Waals surface area contributed by atoms with Gasteiger partial charge in [-0.1, -0.05) is 24.3 Å². The molecule has 1 aliphatic heterocycles. The van der Waals surface area contributed by atoms with Crippen LogP contribution in [0.5, 0.6) is 5.75 Å². The monoisotopic (exact) mass is 419 g/mol. The van der Waals surface area contributed by atoms with Crippen molar-refractivity contribution in [3.05, 3.63) is 59.2 Å². The fourth-order valence-electron chi connectivity index (χ4n) is 3.08. The Morgan fingerprint density at radius 2 is 1.86 bits per heavy atom. The number of morpholine rings is 1. The number of para-hydroxylation sites is 1. The van der Waals surface area contributed by atoms with Gasteiger partial charge in [0.1, 0.15) is 12.4 Å². The number of aryl methyl sites for hydroxylation is 1. The van der Waals surface area contributed by atoms with Gasteiger partial charge in [-0.3, -0.25) is 0 Å². The molecule has 29 heavy (non-hydrogen) atoms. The minimum atomic E-state index is -3.70. The predicted octanol–water partition coefficient (Wildman–Crippen LogP) is 2.77. The average molecular weight is 419 g/mol. The average Bonchev–Trinajstić information content (AvgIpc) is 2.74. The number of rotatable bonds is 7. The molecule has 0 N–H and O–H groups in total. The van der Waals surface area contributed by atoms with E-state index in [2.05, 4.69) is 0 Å². The SMILES string of the molecule is CCOc1ccccc1COC(=O)c1ccc(C)c(S(=O)(=O)N2CCOCC2)c1. The number of carbonyl (C=O) groups is 1. The summed E-state index contributed by atoms with van der Waals surface area (Å²) in [5, 5.41) is 0. The molecule has 156 valence electrons. The zero-order chi connectivity index (χ0) is 20.9. The molecule has 1 aliphatic rings. The number of esters is 1. The normalized spacial score (nSPS) is 15.1. The standard InChI is InChI=1S/C21H25NO6S/c1-3-27-19-7-5-4-6-18(19)15-28-21(23)17-9-8-16(2)20(14-17)29(24,25)22-10-12-26-13-11-22/h4-9,14H,3,10-13,15H2,1-2H3. The summed E-state index contributed by atoms with van der Waals surface area (Å²) < 4.78 is 43.5. The van der Waals surface area contributed by atoms with Crippen molar-refractivity contribution in [3.8, 4) is 5.75 Å². The van der Waals surface area contributed by atoms with E-state index in [4.69, 9.17) is 14.2 Å². The highest BCUT2D eigenvalue weighted by Gasteiger charge is 2.28. The summed E-state index contributed by atoms with van der Waals surface area (Å²) in [6.45, 7) is 5.44. The van der Waals surface area contributed by atoms with Gasteiger partial charge in [0.15, 0.2) is 0 Å². The van der Waals surface area contributed by atoms with Crippen LogP contribution in [0.1, 0.15) is 28.4 Å². The number of ether oxygens (including phenoxy) is 3. The van der Waals surface area contributed by atoms with Crippen LogP contribution < -0.4 is 4.74 Å². The molecule has 0 saturated carbocycles. The molecule has 8 heteroatoms. The van der Waals surface area contributed by atoms with Gasteiger partial charge < -0.3 is 14.2 Å².